The molecule has 0 fully saturated rings. The van der Waals surface area contributed by atoms with Gasteiger partial charge in [-0.3, -0.25) is 11.3 Å². The van der Waals surface area contributed by atoms with Gasteiger partial charge in [-0.15, -0.1) is 0 Å². The molecule has 0 aliphatic rings. The van der Waals surface area contributed by atoms with Crippen molar-refractivity contribution in [3.05, 3.63) is 0 Å². The Morgan fingerprint density at radius 3 is 1.50 bits per heavy atom. The molecule has 3 heteroatoms. The monoisotopic (exact) mass is 119 g/mol. The molecule has 0 aliphatic carbocycles. The Hall–Kier alpha value is -0.120. The largest absolute Gasteiger partial charge is 0.317 e. The van der Waals surface area contributed by atoms with Crippen LogP contribution in [0, 0.1) is 0 Å². The second kappa shape index (κ2) is 15.8. The number of nitrogens with one attached hydrogen (secondary N) is 2. The third-order valence-corrected chi connectivity index (χ3v) is 0.500. The van der Waals surface area contributed by atoms with Crippen LogP contribution in [0.4, 0.5) is 0 Å². The first-order valence-corrected chi connectivity index (χ1v) is 2.91. The molecule has 3 nitrogen and oxygen atoms in total. The summed E-state index contributed by atoms with van der Waals surface area (Å²) in [6.45, 7) is 6.39. The molecular formula is C5H17N3. The average molecular weight is 119 g/mol. The van der Waals surface area contributed by atoms with Gasteiger partial charge in [-0.1, -0.05) is 13.8 Å². The van der Waals surface area contributed by atoms with Gasteiger partial charge in [0.2, 0.25) is 0 Å². The van der Waals surface area contributed by atoms with Crippen LogP contribution < -0.4 is 16.6 Å². The molecule has 0 saturated heterocycles. The molecule has 0 atom stereocenters. The SMILES string of the molecule is CCNCC.CNN. The Kier molecular flexibility index (Phi) is 21.3. The zero-order valence-electron chi connectivity index (χ0n) is 5.99. The summed E-state index contributed by atoms with van der Waals surface area (Å²) in [7, 11) is 1.65. The van der Waals surface area contributed by atoms with Gasteiger partial charge < -0.3 is 5.32 Å². The number of hydrogen-bond acceptors (Lipinski definition) is 3. The number of rotatable bonds is 2. The summed E-state index contributed by atoms with van der Waals surface area (Å²) in [4.78, 5) is 0. The minimum atomic E-state index is 1.09. The number of nitrogens with two attached hydrogens (primary N) is 1. The molecule has 0 unspecified atom stereocenters. The van der Waals surface area contributed by atoms with Gasteiger partial charge in [0.05, 0.1) is 0 Å². The average Bonchev–Trinajstić information content (AvgIpc) is 1.71. The van der Waals surface area contributed by atoms with Crippen molar-refractivity contribution in [1.29, 1.82) is 0 Å². The number of hydrazine groups is 1. The van der Waals surface area contributed by atoms with Crippen molar-refractivity contribution >= 4 is 0 Å². The molecule has 0 aliphatic heterocycles. The van der Waals surface area contributed by atoms with E-state index in [4.69, 9.17) is 0 Å². The molecule has 0 radical (unpaired) electrons. The molecule has 0 aromatic heterocycles. The van der Waals surface area contributed by atoms with E-state index in [1.165, 1.54) is 0 Å². The van der Waals surface area contributed by atoms with Gasteiger partial charge >= 0.3 is 0 Å². The van der Waals surface area contributed by atoms with Crippen LogP contribution in [0.2, 0.25) is 0 Å². The highest BCUT2D eigenvalue weighted by atomic mass is 15.2. The summed E-state index contributed by atoms with van der Waals surface area (Å²) in [5.74, 6) is 4.60. The summed E-state index contributed by atoms with van der Waals surface area (Å²) in [6, 6.07) is 0. The lowest BCUT2D eigenvalue weighted by Crippen LogP contribution is -2.13. The van der Waals surface area contributed by atoms with Crippen molar-refractivity contribution in [1.82, 2.24) is 10.7 Å². The standard InChI is InChI=1S/C4H11N.CH6N2/c1-3-5-4-2;1-3-2/h5H,3-4H2,1-2H3;3H,2H2,1H3. The predicted molar refractivity (Wildman–Crippen MR) is 37.5 cm³/mol. The molecule has 0 rings (SSSR count). The van der Waals surface area contributed by atoms with Gasteiger partial charge in [-0.25, -0.2) is 0 Å². The van der Waals surface area contributed by atoms with E-state index in [-0.39, 0.29) is 0 Å². The van der Waals surface area contributed by atoms with E-state index < -0.39 is 0 Å². The maximum Gasteiger partial charge on any atom is -0.00172 e. The van der Waals surface area contributed by atoms with Crippen LogP contribution in [0.3, 0.4) is 0 Å². The Morgan fingerprint density at radius 1 is 1.25 bits per heavy atom. The summed E-state index contributed by atoms with van der Waals surface area (Å²) in [5, 5.41) is 3.11. The fraction of sp³-hybridized carbons (Fsp3) is 1.00. The second-order valence-corrected chi connectivity index (χ2v) is 1.25. The molecule has 52 valence electrons. The molecule has 0 amide bonds. The van der Waals surface area contributed by atoms with Crippen LogP contribution in [-0.2, 0) is 0 Å². The highest BCUT2D eigenvalue weighted by Gasteiger charge is 1.62. The predicted octanol–water partition coefficient (Wildman–Crippen LogP) is -0.305. The summed E-state index contributed by atoms with van der Waals surface area (Å²) < 4.78 is 0. The highest BCUT2D eigenvalue weighted by Crippen LogP contribution is 1.47. The van der Waals surface area contributed by atoms with Gasteiger partial charge in [-0.2, -0.15) is 0 Å². The van der Waals surface area contributed by atoms with Gasteiger partial charge in [0.25, 0.3) is 0 Å². The zero-order valence-corrected chi connectivity index (χ0v) is 5.99. The van der Waals surface area contributed by atoms with Crippen LogP contribution in [0.1, 0.15) is 13.8 Å². The van der Waals surface area contributed by atoms with E-state index in [2.05, 4.69) is 30.4 Å². The van der Waals surface area contributed by atoms with Crippen LogP contribution in [0.25, 0.3) is 0 Å². The third kappa shape index (κ3) is 39.6. The Labute approximate surface area is 51.6 Å². The van der Waals surface area contributed by atoms with Gasteiger partial charge in [0.15, 0.2) is 0 Å². The minimum absolute atomic E-state index is 1.09. The molecule has 8 heavy (non-hydrogen) atoms. The molecule has 0 spiro atoms. The molecule has 0 saturated carbocycles. The second-order valence-electron chi connectivity index (χ2n) is 1.25. The Morgan fingerprint density at radius 2 is 1.50 bits per heavy atom. The first-order valence-electron chi connectivity index (χ1n) is 2.91. The molecule has 0 heterocycles. The molecule has 0 bridgehead atoms. The lowest BCUT2D eigenvalue weighted by molar-refractivity contribution is 0.762. The molecule has 0 aromatic rings. The fourth-order valence-corrected chi connectivity index (χ4v) is 0.250. The fourth-order valence-electron chi connectivity index (χ4n) is 0.250. The lowest BCUT2D eigenvalue weighted by atomic mass is 10.7. The molecule has 0 aromatic carbocycles. The van der Waals surface area contributed by atoms with Crippen molar-refractivity contribution in [2.75, 3.05) is 20.1 Å². The third-order valence-electron chi connectivity index (χ3n) is 0.500. The first-order chi connectivity index (χ1) is 3.83. The van der Waals surface area contributed by atoms with Crippen molar-refractivity contribution < 1.29 is 0 Å². The summed E-state index contributed by atoms with van der Waals surface area (Å²) in [5.41, 5.74) is 2.25. The van der Waals surface area contributed by atoms with Crippen molar-refractivity contribution in [2.45, 2.75) is 13.8 Å². The zero-order chi connectivity index (χ0) is 6.83. The van der Waals surface area contributed by atoms with Gasteiger partial charge in [0.1, 0.15) is 0 Å². The maximum atomic E-state index is 4.60. The topological polar surface area (TPSA) is 50.1 Å². The van der Waals surface area contributed by atoms with Crippen molar-refractivity contribution in [3.63, 3.8) is 0 Å². The minimum Gasteiger partial charge on any atom is -0.317 e. The van der Waals surface area contributed by atoms with Crippen LogP contribution in [0.15, 0.2) is 0 Å². The molecular weight excluding hydrogens is 102 g/mol. The smallest absolute Gasteiger partial charge is 0.00172 e. The summed E-state index contributed by atoms with van der Waals surface area (Å²) >= 11 is 0. The number of hydrogen-bond donors (Lipinski definition) is 3. The summed E-state index contributed by atoms with van der Waals surface area (Å²) in [6.07, 6.45) is 0. The van der Waals surface area contributed by atoms with Crippen molar-refractivity contribution in [3.8, 4) is 0 Å². The van der Waals surface area contributed by atoms with E-state index >= 15 is 0 Å². The quantitative estimate of drug-likeness (QED) is 0.345. The normalized spacial score (nSPS) is 7.50. The first kappa shape index (κ1) is 10.8. The van der Waals surface area contributed by atoms with Crippen LogP contribution in [0.5, 0.6) is 0 Å². The molecule has 4 N–H and O–H groups in total. The highest BCUT2D eigenvalue weighted by molar-refractivity contribution is 4.27. The lowest BCUT2D eigenvalue weighted by Gasteiger charge is -1.86. The van der Waals surface area contributed by atoms with Crippen LogP contribution >= 0.6 is 0 Å². The van der Waals surface area contributed by atoms with Gasteiger partial charge in [0, 0.05) is 0 Å². The van der Waals surface area contributed by atoms with E-state index in [9.17, 15) is 0 Å². The van der Waals surface area contributed by atoms with E-state index in [0.29, 0.717) is 0 Å². The van der Waals surface area contributed by atoms with Gasteiger partial charge in [-0.05, 0) is 20.1 Å². The van der Waals surface area contributed by atoms with Crippen LogP contribution in [-0.4, -0.2) is 20.1 Å². The Bertz CT molecular complexity index is 21.6. The van der Waals surface area contributed by atoms with Crippen molar-refractivity contribution in [2.24, 2.45) is 5.84 Å². The Balaban J connectivity index is 0. The van der Waals surface area contributed by atoms with E-state index in [1.807, 2.05) is 0 Å². The maximum absolute atomic E-state index is 4.60. The van der Waals surface area contributed by atoms with E-state index in [0.717, 1.165) is 13.1 Å². The van der Waals surface area contributed by atoms with E-state index in [1.54, 1.807) is 7.05 Å².